The number of halogens is 1. The summed E-state index contributed by atoms with van der Waals surface area (Å²) < 4.78 is 14.9. The minimum absolute atomic E-state index is 0.227. The first-order valence-corrected chi connectivity index (χ1v) is 5.78. The second-order valence-corrected chi connectivity index (χ2v) is 3.95. The van der Waals surface area contributed by atoms with E-state index in [2.05, 4.69) is 9.55 Å². The fourth-order valence-electron chi connectivity index (χ4n) is 1.78. The lowest BCUT2D eigenvalue weighted by Gasteiger charge is -2.07. The third kappa shape index (κ3) is 2.91. The normalized spacial score (nSPS) is 10.7. The van der Waals surface area contributed by atoms with E-state index in [9.17, 15) is 4.39 Å². The Morgan fingerprint density at radius 1 is 1.18 bits per heavy atom. The Morgan fingerprint density at radius 2 is 1.94 bits per heavy atom. The summed E-state index contributed by atoms with van der Waals surface area (Å²) in [6.45, 7) is 1.60. The highest BCUT2D eigenvalue weighted by Gasteiger charge is 2.05. The van der Waals surface area contributed by atoms with E-state index in [4.69, 9.17) is 5.73 Å². The van der Waals surface area contributed by atoms with Crippen LogP contribution < -0.4 is 5.73 Å². The number of aromatic nitrogens is 2. The van der Waals surface area contributed by atoms with E-state index >= 15 is 0 Å². The minimum Gasteiger partial charge on any atom is -0.331 e. The molecule has 0 radical (unpaired) electrons. The summed E-state index contributed by atoms with van der Waals surface area (Å²) >= 11 is 0. The van der Waals surface area contributed by atoms with Crippen molar-refractivity contribution in [2.24, 2.45) is 5.73 Å². The highest BCUT2D eigenvalue weighted by molar-refractivity contribution is 5.55. The fraction of sp³-hybridized carbons (Fsp3) is 0.308. The van der Waals surface area contributed by atoms with Crippen molar-refractivity contribution >= 4 is 0 Å². The topological polar surface area (TPSA) is 43.8 Å². The molecule has 0 atom stereocenters. The van der Waals surface area contributed by atoms with Gasteiger partial charge in [0.2, 0.25) is 0 Å². The van der Waals surface area contributed by atoms with E-state index in [1.54, 1.807) is 18.3 Å². The summed E-state index contributed by atoms with van der Waals surface area (Å²) in [7, 11) is 0. The Bertz CT molecular complexity index is 462. The number of hydrogen-bond donors (Lipinski definition) is 1. The van der Waals surface area contributed by atoms with Crippen molar-refractivity contribution < 1.29 is 4.39 Å². The van der Waals surface area contributed by atoms with Crippen molar-refractivity contribution in [2.75, 3.05) is 6.54 Å². The molecule has 0 aliphatic rings. The zero-order chi connectivity index (χ0) is 12.1. The van der Waals surface area contributed by atoms with Crippen LogP contribution >= 0.6 is 0 Å². The molecule has 0 unspecified atom stereocenters. The summed E-state index contributed by atoms with van der Waals surface area (Å²) in [5, 5.41) is 0. The van der Waals surface area contributed by atoms with Gasteiger partial charge in [-0.15, -0.1) is 0 Å². The molecule has 0 bridgehead atoms. The molecule has 0 saturated carbocycles. The van der Waals surface area contributed by atoms with Crippen LogP contribution in [0.3, 0.4) is 0 Å². The Balaban J connectivity index is 2.15. The Hall–Kier alpha value is -1.68. The summed E-state index contributed by atoms with van der Waals surface area (Å²) in [6.07, 6.45) is 5.73. The predicted octanol–water partition coefficient (Wildman–Crippen LogP) is 2.43. The molecule has 0 amide bonds. The van der Waals surface area contributed by atoms with E-state index < -0.39 is 0 Å². The van der Waals surface area contributed by atoms with Crippen molar-refractivity contribution in [3.05, 3.63) is 42.5 Å². The van der Waals surface area contributed by atoms with Gasteiger partial charge in [0.1, 0.15) is 11.6 Å². The van der Waals surface area contributed by atoms with Crippen molar-refractivity contribution in [3.63, 3.8) is 0 Å². The van der Waals surface area contributed by atoms with Crippen LogP contribution in [-0.4, -0.2) is 16.1 Å². The molecule has 2 N–H and O–H groups in total. The number of nitrogens with zero attached hydrogens (tertiary/aromatic N) is 2. The van der Waals surface area contributed by atoms with Gasteiger partial charge in [0.15, 0.2) is 0 Å². The third-order valence-electron chi connectivity index (χ3n) is 2.67. The maximum atomic E-state index is 12.8. The van der Waals surface area contributed by atoms with Crippen LogP contribution in [0.2, 0.25) is 0 Å². The molecule has 0 aliphatic carbocycles. The Morgan fingerprint density at radius 3 is 2.65 bits per heavy atom. The van der Waals surface area contributed by atoms with Crippen LogP contribution in [0.5, 0.6) is 0 Å². The average molecular weight is 233 g/mol. The zero-order valence-corrected chi connectivity index (χ0v) is 9.64. The Kier molecular flexibility index (Phi) is 3.88. The van der Waals surface area contributed by atoms with Crippen LogP contribution in [-0.2, 0) is 6.54 Å². The lowest BCUT2D eigenvalue weighted by molar-refractivity contribution is 0.618. The van der Waals surface area contributed by atoms with Gasteiger partial charge >= 0.3 is 0 Å². The predicted molar refractivity (Wildman–Crippen MR) is 65.9 cm³/mol. The second kappa shape index (κ2) is 5.59. The molecular formula is C13H16FN3. The molecule has 3 nitrogen and oxygen atoms in total. The van der Waals surface area contributed by atoms with Crippen molar-refractivity contribution in [1.29, 1.82) is 0 Å². The zero-order valence-electron chi connectivity index (χ0n) is 9.64. The molecular weight excluding hydrogens is 217 g/mol. The summed E-state index contributed by atoms with van der Waals surface area (Å²) in [6, 6.07) is 6.40. The number of rotatable bonds is 5. The number of benzene rings is 1. The minimum atomic E-state index is -0.227. The van der Waals surface area contributed by atoms with Crippen LogP contribution in [0.25, 0.3) is 11.4 Å². The SMILES string of the molecule is NCCCCn1ccnc1-c1ccc(F)cc1. The second-order valence-electron chi connectivity index (χ2n) is 3.95. The lowest BCUT2D eigenvalue weighted by Crippen LogP contribution is -2.03. The largest absolute Gasteiger partial charge is 0.331 e. The van der Waals surface area contributed by atoms with Gasteiger partial charge in [0.05, 0.1) is 0 Å². The number of aryl methyl sites for hydroxylation is 1. The van der Waals surface area contributed by atoms with Crippen LogP contribution in [0, 0.1) is 5.82 Å². The van der Waals surface area contributed by atoms with Gasteiger partial charge in [-0.25, -0.2) is 9.37 Å². The fourth-order valence-corrected chi connectivity index (χ4v) is 1.78. The summed E-state index contributed by atoms with van der Waals surface area (Å²) in [4.78, 5) is 4.30. The lowest BCUT2D eigenvalue weighted by atomic mass is 10.2. The maximum Gasteiger partial charge on any atom is 0.139 e. The standard InChI is InChI=1S/C13H16FN3/c14-12-5-3-11(4-6-12)13-16-8-10-17(13)9-2-1-7-15/h3-6,8,10H,1-2,7,9,15H2. The quantitative estimate of drug-likeness (QED) is 0.806. The first kappa shape index (κ1) is 11.8. The third-order valence-corrected chi connectivity index (χ3v) is 2.67. The van der Waals surface area contributed by atoms with Crippen LogP contribution in [0.15, 0.2) is 36.7 Å². The van der Waals surface area contributed by atoms with Gasteiger partial charge in [-0.2, -0.15) is 0 Å². The van der Waals surface area contributed by atoms with Gasteiger partial charge in [-0.3, -0.25) is 0 Å². The number of hydrogen-bond acceptors (Lipinski definition) is 2. The molecule has 2 rings (SSSR count). The van der Waals surface area contributed by atoms with E-state index in [1.165, 1.54) is 12.1 Å². The number of unbranched alkanes of at least 4 members (excludes halogenated alkanes) is 1. The van der Waals surface area contributed by atoms with E-state index in [0.717, 1.165) is 30.8 Å². The first-order valence-electron chi connectivity index (χ1n) is 5.78. The molecule has 1 aromatic heterocycles. The number of nitrogens with two attached hydrogens (primary N) is 1. The van der Waals surface area contributed by atoms with Crippen molar-refractivity contribution in [3.8, 4) is 11.4 Å². The molecule has 1 aromatic carbocycles. The van der Waals surface area contributed by atoms with E-state index in [0.29, 0.717) is 6.54 Å². The smallest absolute Gasteiger partial charge is 0.139 e. The maximum absolute atomic E-state index is 12.8. The van der Waals surface area contributed by atoms with E-state index in [-0.39, 0.29) is 5.82 Å². The molecule has 0 aliphatic heterocycles. The highest BCUT2D eigenvalue weighted by atomic mass is 19.1. The molecule has 0 fully saturated rings. The summed E-state index contributed by atoms with van der Waals surface area (Å²) in [5.41, 5.74) is 6.40. The molecule has 90 valence electrons. The van der Waals surface area contributed by atoms with Gasteiger partial charge < -0.3 is 10.3 Å². The molecule has 17 heavy (non-hydrogen) atoms. The first-order chi connectivity index (χ1) is 8.31. The van der Waals surface area contributed by atoms with Crippen molar-refractivity contribution in [1.82, 2.24) is 9.55 Å². The summed E-state index contributed by atoms with van der Waals surface area (Å²) in [5.74, 6) is 0.650. The monoisotopic (exact) mass is 233 g/mol. The van der Waals surface area contributed by atoms with Crippen LogP contribution in [0.1, 0.15) is 12.8 Å². The molecule has 0 saturated heterocycles. The molecule has 1 heterocycles. The van der Waals surface area contributed by atoms with E-state index in [1.807, 2.05) is 6.20 Å². The molecule has 4 heteroatoms. The van der Waals surface area contributed by atoms with Gasteiger partial charge in [0.25, 0.3) is 0 Å². The van der Waals surface area contributed by atoms with Crippen molar-refractivity contribution in [2.45, 2.75) is 19.4 Å². The van der Waals surface area contributed by atoms with Gasteiger partial charge in [-0.1, -0.05) is 0 Å². The van der Waals surface area contributed by atoms with Crippen LogP contribution in [0.4, 0.5) is 4.39 Å². The molecule has 0 spiro atoms. The Labute approximate surface area is 100 Å². The highest BCUT2D eigenvalue weighted by Crippen LogP contribution is 2.18. The molecule has 2 aromatic rings. The number of imidazole rings is 1. The van der Waals surface area contributed by atoms with Gasteiger partial charge in [-0.05, 0) is 43.7 Å². The average Bonchev–Trinajstić information content (AvgIpc) is 2.79. The van der Waals surface area contributed by atoms with Gasteiger partial charge in [0, 0.05) is 24.5 Å².